The van der Waals surface area contributed by atoms with Crippen LogP contribution in [0.25, 0.3) is 11.1 Å². The third-order valence-corrected chi connectivity index (χ3v) is 5.19. The van der Waals surface area contributed by atoms with Crippen molar-refractivity contribution >= 4 is 23.5 Å². The molecule has 2 aromatic rings. The molecule has 1 saturated heterocycles. The van der Waals surface area contributed by atoms with Crippen molar-refractivity contribution in [3.63, 3.8) is 0 Å². The molecule has 4 N–H and O–H groups in total. The van der Waals surface area contributed by atoms with Crippen LogP contribution in [0.3, 0.4) is 0 Å². The fourth-order valence-electron chi connectivity index (χ4n) is 3.49. The number of alkyl halides is 3. The van der Waals surface area contributed by atoms with E-state index in [1.807, 2.05) is 0 Å². The van der Waals surface area contributed by atoms with Gasteiger partial charge in [-0.2, -0.15) is 0 Å². The van der Waals surface area contributed by atoms with Crippen molar-refractivity contribution in [3.05, 3.63) is 48.0 Å². The lowest BCUT2D eigenvalue weighted by molar-refractivity contribution is -0.274. The van der Waals surface area contributed by atoms with Gasteiger partial charge < -0.3 is 20.1 Å². The topological polar surface area (TPSA) is 128 Å². The number of Topliss-reactive ketones (excluding diaryl/α,β-unsaturated/α-hetero) is 1. The molecule has 1 atom stereocenters. The number of nitrogen functional groups attached to an aromatic ring is 1. The van der Waals surface area contributed by atoms with E-state index in [2.05, 4.69) is 4.74 Å². The number of piperidine rings is 1. The maximum Gasteiger partial charge on any atom is 0.573 e. The first-order chi connectivity index (χ1) is 16.0. The number of carbonyl (C=O) groups is 3. The molecule has 182 valence electrons. The Labute approximate surface area is 193 Å². The average Bonchev–Trinajstić information content (AvgIpc) is 2.78. The van der Waals surface area contributed by atoms with Gasteiger partial charge in [0.2, 0.25) is 0 Å². The van der Waals surface area contributed by atoms with Gasteiger partial charge in [0.1, 0.15) is 11.8 Å². The zero-order chi connectivity index (χ0) is 25.0. The molecule has 1 fully saturated rings. The van der Waals surface area contributed by atoms with Crippen LogP contribution in [0.2, 0.25) is 0 Å². The van der Waals surface area contributed by atoms with Gasteiger partial charge in [-0.25, -0.2) is 10.6 Å². The number of hydrogen-bond donors (Lipinski definition) is 2. The quantitative estimate of drug-likeness (QED) is 0.291. The van der Waals surface area contributed by atoms with Gasteiger partial charge >= 0.3 is 12.5 Å². The van der Waals surface area contributed by atoms with Gasteiger partial charge in [0.15, 0.2) is 5.78 Å². The lowest BCUT2D eigenvalue weighted by Crippen LogP contribution is -2.58. The summed E-state index contributed by atoms with van der Waals surface area (Å²) in [5.74, 6) is 4.54. The fourth-order valence-corrected chi connectivity index (χ4v) is 3.49. The van der Waals surface area contributed by atoms with Gasteiger partial charge in [0, 0.05) is 18.7 Å². The largest absolute Gasteiger partial charge is 0.573 e. The molecular weight excluding hydrogens is 457 g/mol. The molecule has 34 heavy (non-hydrogen) atoms. The number of ketones is 1. The smallest absolute Gasteiger partial charge is 0.450 e. The lowest BCUT2D eigenvalue weighted by Gasteiger charge is -2.35. The van der Waals surface area contributed by atoms with Crippen LogP contribution >= 0.6 is 0 Å². The summed E-state index contributed by atoms with van der Waals surface area (Å²) in [6.45, 7) is 1.84. The summed E-state index contributed by atoms with van der Waals surface area (Å²) in [7, 11) is 0. The molecule has 0 bridgehead atoms. The Balaban J connectivity index is 1.81. The predicted octanol–water partition coefficient (Wildman–Crippen LogP) is 2.95. The maximum atomic E-state index is 13.1. The van der Waals surface area contributed by atoms with Crippen molar-refractivity contribution in [2.24, 2.45) is 5.84 Å². The van der Waals surface area contributed by atoms with Gasteiger partial charge in [0.05, 0.1) is 18.7 Å². The third kappa shape index (κ3) is 5.76. The fraction of sp³-hybridized carbons (Fsp3) is 0.318. The highest BCUT2D eigenvalue weighted by atomic mass is 19.4. The molecule has 0 aliphatic carbocycles. The molecule has 1 aliphatic heterocycles. The number of halogens is 3. The van der Waals surface area contributed by atoms with Crippen molar-refractivity contribution in [1.82, 2.24) is 9.91 Å². The molecule has 2 aromatic carbocycles. The van der Waals surface area contributed by atoms with Gasteiger partial charge in [-0.15, -0.1) is 13.2 Å². The number of hydrazine groups is 1. The van der Waals surface area contributed by atoms with Gasteiger partial charge in [0.25, 0.3) is 5.91 Å². The first-order valence-corrected chi connectivity index (χ1v) is 10.3. The molecule has 0 aromatic heterocycles. The summed E-state index contributed by atoms with van der Waals surface area (Å²) in [6.07, 6.45) is -5.42. The van der Waals surface area contributed by atoms with E-state index in [9.17, 15) is 27.6 Å². The monoisotopic (exact) mass is 480 g/mol. The molecule has 1 heterocycles. The highest BCUT2D eigenvalue weighted by Crippen LogP contribution is 2.29. The molecule has 2 amide bonds. The van der Waals surface area contributed by atoms with E-state index in [1.54, 1.807) is 13.0 Å². The summed E-state index contributed by atoms with van der Waals surface area (Å²) in [5, 5.41) is 0.740. The molecule has 1 aliphatic rings. The van der Waals surface area contributed by atoms with E-state index in [0.29, 0.717) is 11.1 Å². The second-order valence-electron chi connectivity index (χ2n) is 7.46. The summed E-state index contributed by atoms with van der Waals surface area (Å²) < 4.78 is 45.9. The number of nitrogens with zero attached hydrogens (tertiary/aromatic N) is 2. The second-order valence-corrected chi connectivity index (χ2v) is 7.46. The number of nitrogens with two attached hydrogens (primary N) is 2. The molecule has 12 heteroatoms. The molecule has 3 rings (SSSR count). The van der Waals surface area contributed by atoms with Gasteiger partial charge in [-0.1, -0.05) is 18.2 Å². The van der Waals surface area contributed by atoms with Crippen molar-refractivity contribution in [3.8, 4) is 16.9 Å². The number of carbonyl (C=O) groups excluding carboxylic acids is 3. The average molecular weight is 480 g/mol. The molecule has 0 spiro atoms. The van der Waals surface area contributed by atoms with E-state index in [0.717, 1.165) is 17.1 Å². The van der Waals surface area contributed by atoms with Crippen LogP contribution in [0, 0.1) is 0 Å². The standard InChI is InChI=1S/C22H23F3N4O5/c1-2-33-21(32)28-10-9-19(30)18(12-28)29(27)20(31)16-11-14(5-8-17(16)26)13-3-6-15(7-4-13)34-22(23,24)25/h3-8,11,18H,2,9-10,12,26-27H2,1H3. The Morgan fingerprint density at radius 1 is 1.15 bits per heavy atom. The highest BCUT2D eigenvalue weighted by molar-refractivity contribution is 6.02. The van der Waals surface area contributed by atoms with Gasteiger partial charge in [-0.05, 0) is 42.3 Å². The Morgan fingerprint density at radius 3 is 2.41 bits per heavy atom. The number of benzene rings is 2. The van der Waals surface area contributed by atoms with Crippen LogP contribution in [-0.4, -0.2) is 59.8 Å². The van der Waals surface area contributed by atoms with Crippen LogP contribution in [0.4, 0.5) is 23.7 Å². The van der Waals surface area contributed by atoms with Crippen LogP contribution in [-0.2, 0) is 9.53 Å². The number of hydrogen-bond acceptors (Lipinski definition) is 7. The van der Waals surface area contributed by atoms with Crippen molar-refractivity contribution in [1.29, 1.82) is 0 Å². The Kier molecular flexibility index (Phi) is 7.30. The van der Waals surface area contributed by atoms with Crippen molar-refractivity contribution in [2.45, 2.75) is 25.7 Å². The van der Waals surface area contributed by atoms with E-state index < -0.39 is 30.2 Å². The molecule has 0 radical (unpaired) electrons. The van der Waals surface area contributed by atoms with Gasteiger partial charge in [-0.3, -0.25) is 14.6 Å². The predicted molar refractivity (Wildman–Crippen MR) is 115 cm³/mol. The maximum absolute atomic E-state index is 13.1. The number of rotatable bonds is 5. The Hall–Kier alpha value is -3.80. The zero-order valence-corrected chi connectivity index (χ0v) is 18.2. The van der Waals surface area contributed by atoms with E-state index in [-0.39, 0.29) is 43.2 Å². The Morgan fingerprint density at radius 2 is 1.79 bits per heavy atom. The SMILES string of the molecule is CCOC(=O)N1CCC(=O)C(N(N)C(=O)c2cc(-c3ccc(OC(F)(F)F)cc3)ccc2N)C1. The van der Waals surface area contributed by atoms with Crippen molar-refractivity contribution in [2.75, 3.05) is 25.4 Å². The molecular formula is C22H23F3N4O5. The summed E-state index contributed by atoms with van der Waals surface area (Å²) in [6, 6.07) is 8.43. The number of likely N-dealkylation sites (tertiary alicyclic amines) is 1. The number of amides is 2. The number of ether oxygens (including phenoxy) is 2. The van der Waals surface area contributed by atoms with Crippen molar-refractivity contribution < 1.29 is 37.0 Å². The van der Waals surface area contributed by atoms with E-state index in [1.165, 1.54) is 29.2 Å². The van der Waals surface area contributed by atoms with Crippen LogP contribution in [0.5, 0.6) is 5.75 Å². The first-order valence-electron chi connectivity index (χ1n) is 10.3. The first kappa shape index (κ1) is 24.8. The number of anilines is 1. The second kappa shape index (κ2) is 10.00. The summed E-state index contributed by atoms with van der Waals surface area (Å²) in [5.41, 5.74) is 7.02. The minimum absolute atomic E-state index is 0.00308. The summed E-state index contributed by atoms with van der Waals surface area (Å²) in [4.78, 5) is 38.8. The minimum atomic E-state index is -4.81. The zero-order valence-electron chi connectivity index (χ0n) is 18.2. The van der Waals surface area contributed by atoms with Crippen LogP contribution < -0.4 is 16.3 Å². The van der Waals surface area contributed by atoms with E-state index >= 15 is 0 Å². The van der Waals surface area contributed by atoms with E-state index in [4.69, 9.17) is 16.3 Å². The molecule has 1 unspecified atom stereocenters. The molecule has 0 saturated carbocycles. The summed E-state index contributed by atoms with van der Waals surface area (Å²) >= 11 is 0. The van der Waals surface area contributed by atoms with Crippen LogP contribution in [0.15, 0.2) is 42.5 Å². The van der Waals surface area contributed by atoms with Crippen LogP contribution in [0.1, 0.15) is 23.7 Å². The third-order valence-electron chi connectivity index (χ3n) is 5.19. The normalized spacial score (nSPS) is 16.2. The molecule has 9 nitrogen and oxygen atoms in total. The highest BCUT2D eigenvalue weighted by Gasteiger charge is 2.36. The minimum Gasteiger partial charge on any atom is -0.450 e. The Bertz CT molecular complexity index is 1080. The lowest BCUT2D eigenvalue weighted by atomic mass is 9.99.